The van der Waals surface area contributed by atoms with E-state index in [1.165, 1.54) is 7.05 Å². The van der Waals surface area contributed by atoms with Crippen LogP contribution in [0, 0.1) is 13.8 Å². The third-order valence-corrected chi connectivity index (χ3v) is 7.97. The molecule has 0 aliphatic rings. The number of carboxylic acids is 1. The third kappa shape index (κ3) is 7.04. The fourth-order valence-electron chi connectivity index (χ4n) is 4.00. The molecule has 0 bridgehead atoms. The minimum absolute atomic E-state index is 0.134. The zero-order chi connectivity index (χ0) is 28.0. The van der Waals surface area contributed by atoms with Crippen LogP contribution >= 0.6 is 0 Å². The standard InChI is InChI=1S/C29H31N3O6S/c1-21-12-14-24(15-13-21)29-30-27(22(2)38-29)16-17-37-26-11-7-8-23(18-26)19-32(20-28(33)34)39(35,36)31(3)25-9-5-4-6-10-25/h4-15,18H,16-17,19-20H2,1-3H3,(H,33,34). The molecule has 0 aliphatic carbocycles. The monoisotopic (exact) mass is 549 g/mol. The molecule has 0 atom stereocenters. The molecule has 1 aromatic heterocycles. The van der Waals surface area contributed by atoms with Crippen LogP contribution in [-0.2, 0) is 28.0 Å². The van der Waals surface area contributed by atoms with Crippen LogP contribution in [0.3, 0.4) is 0 Å². The molecular formula is C29H31N3O6S. The average Bonchev–Trinajstić information content (AvgIpc) is 3.29. The maximum atomic E-state index is 13.3. The molecule has 4 rings (SSSR count). The highest BCUT2D eigenvalue weighted by Gasteiger charge is 2.29. The van der Waals surface area contributed by atoms with E-state index in [0.29, 0.717) is 35.9 Å². The Morgan fingerprint density at radius 2 is 1.72 bits per heavy atom. The minimum atomic E-state index is -4.11. The number of hydrogen-bond donors (Lipinski definition) is 1. The predicted octanol–water partition coefficient (Wildman–Crippen LogP) is 4.85. The fraction of sp³-hybridized carbons (Fsp3) is 0.241. The summed E-state index contributed by atoms with van der Waals surface area (Å²) in [7, 11) is -2.72. The van der Waals surface area contributed by atoms with Gasteiger partial charge in [-0.1, -0.05) is 48.0 Å². The van der Waals surface area contributed by atoms with Crippen molar-refractivity contribution >= 4 is 21.9 Å². The van der Waals surface area contributed by atoms with Crippen molar-refractivity contribution in [2.45, 2.75) is 26.8 Å². The number of benzene rings is 3. The van der Waals surface area contributed by atoms with Crippen molar-refractivity contribution in [3.8, 4) is 17.2 Å². The predicted molar refractivity (Wildman–Crippen MR) is 149 cm³/mol. The number of rotatable bonds is 12. The zero-order valence-corrected chi connectivity index (χ0v) is 22.9. The van der Waals surface area contributed by atoms with E-state index in [2.05, 4.69) is 4.98 Å². The lowest BCUT2D eigenvalue weighted by Crippen LogP contribution is -2.44. The molecule has 0 fully saturated rings. The number of aliphatic carboxylic acids is 1. The number of anilines is 1. The van der Waals surface area contributed by atoms with E-state index in [1.807, 2.05) is 38.1 Å². The summed E-state index contributed by atoms with van der Waals surface area (Å²) >= 11 is 0. The summed E-state index contributed by atoms with van der Waals surface area (Å²) in [6.07, 6.45) is 0.521. The second kappa shape index (κ2) is 12.1. The van der Waals surface area contributed by atoms with Crippen LogP contribution in [0.4, 0.5) is 5.69 Å². The van der Waals surface area contributed by atoms with Crippen molar-refractivity contribution < 1.29 is 27.5 Å². The number of hydrogen-bond acceptors (Lipinski definition) is 6. The van der Waals surface area contributed by atoms with Crippen LogP contribution in [0.25, 0.3) is 11.5 Å². The summed E-state index contributed by atoms with van der Waals surface area (Å²) in [6.45, 7) is 3.40. The smallest absolute Gasteiger partial charge is 0.318 e. The van der Waals surface area contributed by atoms with Gasteiger partial charge in [0.15, 0.2) is 0 Å². The molecular weight excluding hydrogens is 518 g/mol. The van der Waals surface area contributed by atoms with Gasteiger partial charge in [-0.05, 0) is 55.8 Å². The molecule has 10 heteroatoms. The van der Waals surface area contributed by atoms with Crippen LogP contribution in [0.1, 0.15) is 22.6 Å². The first-order valence-electron chi connectivity index (χ1n) is 12.4. The quantitative estimate of drug-likeness (QED) is 0.269. The Bertz CT molecular complexity index is 1520. The Balaban J connectivity index is 1.43. The lowest BCUT2D eigenvalue weighted by atomic mass is 10.1. The van der Waals surface area contributed by atoms with Gasteiger partial charge in [-0.25, -0.2) is 4.98 Å². The number of carbonyl (C=O) groups is 1. The highest BCUT2D eigenvalue weighted by Crippen LogP contribution is 2.24. The molecule has 4 aromatic rings. The summed E-state index contributed by atoms with van der Waals surface area (Å²) in [5, 5.41) is 9.40. The van der Waals surface area contributed by atoms with Crippen molar-refractivity contribution in [2.75, 3.05) is 24.5 Å². The molecule has 204 valence electrons. The number of carboxylic acid groups (broad SMARTS) is 1. The molecule has 1 N–H and O–H groups in total. The lowest BCUT2D eigenvalue weighted by molar-refractivity contribution is -0.137. The average molecular weight is 550 g/mol. The molecule has 3 aromatic carbocycles. The number of nitrogens with zero attached hydrogens (tertiary/aromatic N) is 3. The second-order valence-corrected chi connectivity index (χ2v) is 11.1. The van der Waals surface area contributed by atoms with Gasteiger partial charge in [0.25, 0.3) is 0 Å². The van der Waals surface area contributed by atoms with E-state index in [4.69, 9.17) is 9.15 Å². The Kier molecular flexibility index (Phi) is 8.68. The van der Waals surface area contributed by atoms with E-state index in [-0.39, 0.29) is 6.54 Å². The van der Waals surface area contributed by atoms with Crippen molar-refractivity contribution in [3.63, 3.8) is 0 Å². The first-order chi connectivity index (χ1) is 18.6. The van der Waals surface area contributed by atoms with Crippen molar-refractivity contribution in [1.82, 2.24) is 9.29 Å². The van der Waals surface area contributed by atoms with Crippen LogP contribution in [0.15, 0.2) is 83.3 Å². The molecule has 0 radical (unpaired) electrons. The van der Waals surface area contributed by atoms with E-state index in [9.17, 15) is 18.3 Å². The maximum Gasteiger partial charge on any atom is 0.318 e. The van der Waals surface area contributed by atoms with Gasteiger partial charge in [-0.2, -0.15) is 12.7 Å². The largest absolute Gasteiger partial charge is 0.493 e. The van der Waals surface area contributed by atoms with Crippen molar-refractivity contribution in [3.05, 3.63) is 101 Å². The van der Waals surface area contributed by atoms with Gasteiger partial charge in [-0.15, -0.1) is 0 Å². The highest BCUT2D eigenvalue weighted by molar-refractivity contribution is 7.90. The fourth-order valence-corrected chi connectivity index (χ4v) is 5.32. The van der Waals surface area contributed by atoms with Crippen LogP contribution in [0.5, 0.6) is 5.75 Å². The molecule has 0 amide bonds. The zero-order valence-electron chi connectivity index (χ0n) is 22.1. The molecule has 9 nitrogen and oxygen atoms in total. The van der Waals surface area contributed by atoms with Gasteiger partial charge in [0.05, 0.1) is 18.0 Å². The van der Waals surface area contributed by atoms with Crippen molar-refractivity contribution in [2.24, 2.45) is 0 Å². The lowest BCUT2D eigenvalue weighted by Gasteiger charge is -2.27. The maximum absolute atomic E-state index is 13.3. The van der Waals surface area contributed by atoms with Gasteiger partial charge in [0, 0.05) is 25.6 Å². The summed E-state index contributed by atoms with van der Waals surface area (Å²) < 4.78 is 40.3. The number of ether oxygens (including phenoxy) is 1. The molecule has 0 spiro atoms. The number of oxazole rings is 1. The Hall–Kier alpha value is -4.15. The van der Waals surface area contributed by atoms with E-state index in [1.54, 1.807) is 54.6 Å². The Morgan fingerprint density at radius 1 is 1.00 bits per heavy atom. The number of aromatic nitrogens is 1. The topological polar surface area (TPSA) is 113 Å². The number of para-hydroxylation sites is 1. The molecule has 0 saturated heterocycles. The second-order valence-electron chi connectivity index (χ2n) is 9.11. The van der Waals surface area contributed by atoms with Crippen molar-refractivity contribution in [1.29, 1.82) is 0 Å². The van der Waals surface area contributed by atoms with E-state index in [0.717, 1.165) is 31.2 Å². The normalized spacial score (nSPS) is 11.5. The summed E-state index contributed by atoms with van der Waals surface area (Å²) in [4.78, 5) is 16.1. The summed E-state index contributed by atoms with van der Waals surface area (Å²) in [6, 6.07) is 23.4. The third-order valence-electron chi connectivity index (χ3n) is 6.16. The SMILES string of the molecule is Cc1ccc(-c2nc(CCOc3cccc(CN(CC(=O)O)S(=O)(=O)N(C)c4ccccc4)c3)c(C)o2)cc1. The molecule has 0 aliphatic heterocycles. The van der Waals surface area contributed by atoms with E-state index >= 15 is 0 Å². The molecule has 39 heavy (non-hydrogen) atoms. The van der Waals surface area contributed by atoms with Gasteiger partial charge < -0.3 is 14.3 Å². The minimum Gasteiger partial charge on any atom is -0.493 e. The Morgan fingerprint density at radius 3 is 2.41 bits per heavy atom. The Labute approximate surface area is 228 Å². The van der Waals surface area contributed by atoms with Crippen LogP contribution in [-0.4, -0.2) is 49.0 Å². The number of aryl methyl sites for hydroxylation is 2. The van der Waals surface area contributed by atoms with Gasteiger partial charge in [0.1, 0.15) is 18.1 Å². The van der Waals surface area contributed by atoms with Gasteiger partial charge in [-0.3, -0.25) is 9.10 Å². The van der Waals surface area contributed by atoms with Crippen LogP contribution in [0.2, 0.25) is 0 Å². The first-order valence-corrected chi connectivity index (χ1v) is 13.8. The van der Waals surface area contributed by atoms with E-state index < -0.39 is 22.7 Å². The molecule has 1 heterocycles. The highest BCUT2D eigenvalue weighted by atomic mass is 32.2. The molecule has 0 unspecified atom stereocenters. The molecule has 0 saturated carbocycles. The summed E-state index contributed by atoms with van der Waals surface area (Å²) in [5.74, 6) is 0.571. The first kappa shape index (κ1) is 27.9. The van der Waals surface area contributed by atoms with Gasteiger partial charge in [0.2, 0.25) is 5.89 Å². The van der Waals surface area contributed by atoms with Crippen LogP contribution < -0.4 is 9.04 Å². The summed E-state index contributed by atoms with van der Waals surface area (Å²) in [5.41, 5.74) is 3.88. The van der Waals surface area contributed by atoms with Gasteiger partial charge >= 0.3 is 16.2 Å².